The summed E-state index contributed by atoms with van der Waals surface area (Å²) in [5, 5.41) is 20.3. The third-order valence-electron chi connectivity index (χ3n) is 2.77. The summed E-state index contributed by atoms with van der Waals surface area (Å²) < 4.78 is 10.7. The van der Waals surface area contributed by atoms with Crippen LogP contribution in [0.5, 0.6) is 0 Å². The van der Waals surface area contributed by atoms with Gasteiger partial charge in [0.1, 0.15) is 0 Å². The highest BCUT2D eigenvalue weighted by atomic mass is 16.5. The van der Waals surface area contributed by atoms with Gasteiger partial charge in [0.05, 0.1) is 13.2 Å². The molecule has 104 valence electrons. The molecule has 0 bridgehead atoms. The van der Waals surface area contributed by atoms with Gasteiger partial charge >= 0.3 is 0 Å². The van der Waals surface area contributed by atoms with Crippen LogP contribution in [0.3, 0.4) is 0 Å². The molecule has 0 aliphatic carbocycles. The monoisotopic (exact) mass is 257 g/mol. The molecule has 1 atom stereocenters. The molecule has 1 unspecified atom stereocenters. The average molecular weight is 257 g/mol. The summed E-state index contributed by atoms with van der Waals surface area (Å²) in [6.07, 6.45) is 0.603. The standard InChI is InChI=1S/C12H23N3O3/c1-9(2)11-15-14-10(18-11)7-13-12(3,5-6-16)8-17-4/h9,13,16H,5-8H2,1-4H3. The van der Waals surface area contributed by atoms with E-state index in [9.17, 15) is 0 Å². The number of ether oxygens (including phenoxy) is 1. The Hall–Kier alpha value is -0.980. The molecule has 0 aliphatic rings. The molecular weight excluding hydrogens is 234 g/mol. The topological polar surface area (TPSA) is 80.4 Å². The van der Waals surface area contributed by atoms with Crippen molar-refractivity contribution in [2.75, 3.05) is 20.3 Å². The number of rotatable bonds is 8. The molecule has 1 aromatic rings. The molecule has 0 fully saturated rings. The Balaban J connectivity index is 2.55. The van der Waals surface area contributed by atoms with Crippen LogP contribution in [-0.4, -0.2) is 41.2 Å². The highest BCUT2D eigenvalue weighted by Gasteiger charge is 2.24. The summed E-state index contributed by atoms with van der Waals surface area (Å²) in [7, 11) is 1.64. The lowest BCUT2D eigenvalue weighted by Gasteiger charge is -2.28. The molecule has 2 N–H and O–H groups in total. The van der Waals surface area contributed by atoms with Crippen LogP contribution in [-0.2, 0) is 11.3 Å². The number of nitrogens with one attached hydrogen (secondary N) is 1. The smallest absolute Gasteiger partial charge is 0.230 e. The Kier molecular flexibility index (Phi) is 5.71. The van der Waals surface area contributed by atoms with E-state index in [1.807, 2.05) is 20.8 Å². The fraction of sp³-hybridized carbons (Fsp3) is 0.833. The lowest BCUT2D eigenvalue weighted by Crippen LogP contribution is -2.46. The predicted molar refractivity (Wildman–Crippen MR) is 67.2 cm³/mol. The molecule has 0 saturated carbocycles. The van der Waals surface area contributed by atoms with Gasteiger partial charge in [0.25, 0.3) is 0 Å². The zero-order valence-electron chi connectivity index (χ0n) is 11.6. The molecular formula is C12H23N3O3. The van der Waals surface area contributed by atoms with Crippen LogP contribution in [0.15, 0.2) is 4.42 Å². The van der Waals surface area contributed by atoms with Gasteiger partial charge in [-0.3, -0.25) is 0 Å². The molecule has 0 aliphatic heterocycles. The van der Waals surface area contributed by atoms with Crippen LogP contribution in [0.4, 0.5) is 0 Å². The zero-order chi connectivity index (χ0) is 13.6. The largest absolute Gasteiger partial charge is 0.424 e. The molecule has 6 heteroatoms. The molecule has 18 heavy (non-hydrogen) atoms. The normalized spacial score (nSPS) is 15.0. The first-order chi connectivity index (χ1) is 8.50. The van der Waals surface area contributed by atoms with Gasteiger partial charge in [0, 0.05) is 25.2 Å². The third kappa shape index (κ3) is 4.36. The van der Waals surface area contributed by atoms with Gasteiger partial charge in [-0.2, -0.15) is 0 Å². The Morgan fingerprint density at radius 2 is 2.17 bits per heavy atom. The average Bonchev–Trinajstić information content (AvgIpc) is 2.76. The highest BCUT2D eigenvalue weighted by molar-refractivity contribution is 4.89. The van der Waals surface area contributed by atoms with Gasteiger partial charge in [0.15, 0.2) is 0 Å². The number of aliphatic hydroxyl groups excluding tert-OH is 1. The van der Waals surface area contributed by atoms with Crippen molar-refractivity contribution < 1.29 is 14.3 Å². The molecule has 1 rings (SSSR count). The molecule has 1 aromatic heterocycles. The number of aromatic nitrogens is 2. The van der Waals surface area contributed by atoms with Crippen LogP contribution >= 0.6 is 0 Å². The van der Waals surface area contributed by atoms with Crippen molar-refractivity contribution in [2.45, 2.75) is 45.2 Å². The summed E-state index contributed by atoms with van der Waals surface area (Å²) in [4.78, 5) is 0. The Morgan fingerprint density at radius 1 is 1.44 bits per heavy atom. The number of hydrogen-bond donors (Lipinski definition) is 2. The van der Waals surface area contributed by atoms with E-state index < -0.39 is 0 Å². The van der Waals surface area contributed by atoms with Crippen molar-refractivity contribution in [2.24, 2.45) is 0 Å². The van der Waals surface area contributed by atoms with E-state index >= 15 is 0 Å². The number of nitrogens with zero attached hydrogens (tertiary/aromatic N) is 2. The van der Waals surface area contributed by atoms with Crippen molar-refractivity contribution in [3.8, 4) is 0 Å². The maximum atomic E-state index is 9.06. The summed E-state index contributed by atoms with van der Waals surface area (Å²) in [5.41, 5.74) is -0.296. The first kappa shape index (κ1) is 15.1. The maximum Gasteiger partial charge on any atom is 0.230 e. The lowest BCUT2D eigenvalue weighted by molar-refractivity contribution is 0.0951. The minimum absolute atomic E-state index is 0.105. The van der Waals surface area contributed by atoms with Crippen LogP contribution in [0.25, 0.3) is 0 Å². The molecule has 6 nitrogen and oxygen atoms in total. The highest BCUT2D eigenvalue weighted by Crippen LogP contribution is 2.14. The van der Waals surface area contributed by atoms with Gasteiger partial charge in [-0.1, -0.05) is 13.8 Å². The predicted octanol–water partition coefficient (Wildman–Crippen LogP) is 1.07. The molecule has 0 aromatic carbocycles. The van der Waals surface area contributed by atoms with Crippen molar-refractivity contribution in [1.82, 2.24) is 15.5 Å². The van der Waals surface area contributed by atoms with E-state index in [0.717, 1.165) is 0 Å². The fourth-order valence-corrected chi connectivity index (χ4v) is 1.64. The first-order valence-electron chi connectivity index (χ1n) is 6.18. The lowest BCUT2D eigenvalue weighted by atomic mass is 9.99. The van der Waals surface area contributed by atoms with Crippen molar-refractivity contribution in [3.63, 3.8) is 0 Å². The van der Waals surface area contributed by atoms with Gasteiger partial charge in [-0.25, -0.2) is 0 Å². The summed E-state index contributed by atoms with van der Waals surface area (Å²) in [5.74, 6) is 1.43. The van der Waals surface area contributed by atoms with E-state index in [1.54, 1.807) is 7.11 Å². The van der Waals surface area contributed by atoms with E-state index in [0.29, 0.717) is 31.4 Å². The van der Waals surface area contributed by atoms with Crippen molar-refractivity contribution >= 4 is 0 Å². The Bertz CT molecular complexity index is 346. The van der Waals surface area contributed by atoms with Crippen molar-refractivity contribution in [1.29, 1.82) is 0 Å². The second kappa shape index (κ2) is 6.82. The zero-order valence-corrected chi connectivity index (χ0v) is 11.6. The van der Waals surface area contributed by atoms with Crippen LogP contribution in [0.2, 0.25) is 0 Å². The fourth-order valence-electron chi connectivity index (χ4n) is 1.64. The number of aliphatic hydroxyl groups is 1. The van der Waals surface area contributed by atoms with E-state index in [4.69, 9.17) is 14.3 Å². The SMILES string of the molecule is COCC(C)(CCO)NCc1nnc(C(C)C)o1. The van der Waals surface area contributed by atoms with Gasteiger partial charge in [-0.15, -0.1) is 10.2 Å². The minimum atomic E-state index is -0.296. The Labute approximate surface area is 108 Å². The molecule has 0 spiro atoms. The van der Waals surface area contributed by atoms with Crippen LogP contribution in [0, 0.1) is 0 Å². The van der Waals surface area contributed by atoms with Crippen LogP contribution in [0.1, 0.15) is 44.9 Å². The van der Waals surface area contributed by atoms with E-state index in [-0.39, 0.29) is 18.1 Å². The summed E-state index contributed by atoms with van der Waals surface area (Å²) in [6, 6.07) is 0. The first-order valence-corrected chi connectivity index (χ1v) is 6.18. The van der Waals surface area contributed by atoms with Crippen LogP contribution < -0.4 is 5.32 Å². The third-order valence-corrected chi connectivity index (χ3v) is 2.77. The van der Waals surface area contributed by atoms with Crippen molar-refractivity contribution in [3.05, 3.63) is 11.8 Å². The molecule has 0 radical (unpaired) electrons. The number of hydrogen-bond acceptors (Lipinski definition) is 6. The Morgan fingerprint density at radius 3 is 2.67 bits per heavy atom. The molecule has 0 amide bonds. The summed E-state index contributed by atoms with van der Waals surface area (Å²) >= 11 is 0. The van der Waals surface area contributed by atoms with Gasteiger partial charge in [-0.05, 0) is 13.3 Å². The number of methoxy groups -OCH3 is 1. The second-order valence-electron chi connectivity index (χ2n) is 5.01. The quantitative estimate of drug-likeness (QED) is 0.725. The van der Waals surface area contributed by atoms with E-state index in [1.165, 1.54) is 0 Å². The van der Waals surface area contributed by atoms with Gasteiger partial charge in [0.2, 0.25) is 11.8 Å². The maximum absolute atomic E-state index is 9.06. The molecule has 1 heterocycles. The van der Waals surface area contributed by atoms with Gasteiger partial charge < -0.3 is 19.6 Å². The van der Waals surface area contributed by atoms with E-state index in [2.05, 4.69) is 15.5 Å². The minimum Gasteiger partial charge on any atom is -0.424 e. The summed E-state index contributed by atoms with van der Waals surface area (Å²) in [6.45, 7) is 7.09. The molecule has 0 saturated heterocycles. The second-order valence-corrected chi connectivity index (χ2v) is 5.01.